The van der Waals surface area contributed by atoms with Crippen LogP contribution in [0, 0.1) is 5.37 Å². The van der Waals surface area contributed by atoms with E-state index < -0.39 is 9.84 Å². The number of halogens is 2. The molecule has 12 heavy (non-hydrogen) atoms. The van der Waals surface area contributed by atoms with Crippen LogP contribution < -0.4 is 5.32 Å². The zero-order valence-corrected chi connectivity index (χ0v) is 8.33. The summed E-state index contributed by atoms with van der Waals surface area (Å²) >= 11 is 11.0. The third kappa shape index (κ3) is 2.12. The second-order valence-corrected chi connectivity index (χ2v) is 4.84. The van der Waals surface area contributed by atoms with E-state index in [1.807, 2.05) is 0 Å². The van der Waals surface area contributed by atoms with E-state index >= 15 is 0 Å². The van der Waals surface area contributed by atoms with E-state index in [2.05, 4.69) is 10.3 Å². The van der Waals surface area contributed by atoms with Gasteiger partial charge in [-0.2, -0.15) is 0 Å². The first-order valence-corrected chi connectivity index (χ1v) is 5.49. The van der Waals surface area contributed by atoms with E-state index in [-0.39, 0.29) is 15.7 Å². The molecule has 0 fully saturated rings. The Morgan fingerprint density at radius 3 is 2.50 bits per heavy atom. The molecule has 0 amide bonds. The van der Waals surface area contributed by atoms with Gasteiger partial charge in [-0.05, 0) is 11.6 Å². The van der Waals surface area contributed by atoms with Gasteiger partial charge >= 0.3 is 0 Å². The summed E-state index contributed by atoms with van der Waals surface area (Å²) in [6.45, 7) is 0. The Morgan fingerprint density at radius 2 is 2.08 bits per heavy atom. The summed E-state index contributed by atoms with van der Waals surface area (Å²) < 4.78 is 22.0. The summed E-state index contributed by atoms with van der Waals surface area (Å²) in [5, 5.41) is 2.24. The summed E-state index contributed by atoms with van der Waals surface area (Å²) in [6.07, 6.45) is 2.21. The van der Waals surface area contributed by atoms with Crippen molar-refractivity contribution in [3.05, 3.63) is 16.6 Å². The molecule has 1 radical (unpaired) electrons. The molecule has 1 aliphatic rings. The zero-order valence-electron chi connectivity index (χ0n) is 6.01. The maximum absolute atomic E-state index is 11.0. The first-order valence-electron chi connectivity index (χ1n) is 2.84. The summed E-state index contributed by atoms with van der Waals surface area (Å²) in [5.41, 5.74) is 0. The fourth-order valence-corrected chi connectivity index (χ4v) is 2.03. The van der Waals surface area contributed by atoms with Crippen molar-refractivity contribution < 1.29 is 8.42 Å². The quantitative estimate of drug-likeness (QED) is 0.675. The van der Waals surface area contributed by atoms with Gasteiger partial charge in [0.2, 0.25) is 5.37 Å². The normalized spacial score (nSPS) is 19.6. The average Bonchev–Trinajstić information content (AvgIpc) is 1.92. The zero-order chi connectivity index (χ0) is 9.35. The molecule has 0 aromatic heterocycles. The van der Waals surface area contributed by atoms with E-state index in [4.69, 9.17) is 23.2 Å². The van der Waals surface area contributed by atoms with Gasteiger partial charge in [-0.3, -0.25) is 0 Å². The Bertz CT molecular complexity index is 346. The monoisotopic (exact) mass is 227 g/mol. The van der Waals surface area contributed by atoms with Crippen molar-refractivity contribution in [2.75, 3.05) is 6.26 Å². The van der Waals surface area contributed by atoms with Crippen LogP contribution in [0.1, 0.15) is 0 Å². The highest BCUT2D eigenvalue weighted by atomic mass is 35.5. The lowest BCUT2D eigenvalue weighted by atomic mass is 10.5. The van der Waals surface area contributed by atoms with Crippen molar-refractivity contribution in [1.82, 2.24) is 5.32 Å². The van der Waals surface area contributed by atoms with Gasteiger partial charge in [0.25, 0.3) is 0 Å². The molecule has 4 nitrogen and oxygen atoms in total. The van der Waals surface area contributed by atoms with E-state index in [1.54, 1.807) is 0 Å². The lowest BCUT2D eigenvalue weighted by molar-refractivity contribution is 0.601. The predicted molar refractivity (Wildman–Crippen MR) is 48.4 cm³/mol. The predicted octanol–water partition coefficient (Wildman–Crippen LogP) is 0.799. The van der Waals surface area contributed by atoms with Crippen LogP contribution in [-0.4, -0.2) is 20.0 Å². The fourth-order valence-electron chi connectivity index (χ4n) is 0.627. The van der Waals surface area contributed by atoms with Crippen LogP contribution >= 0.6 is 23.2 Å². The molecule has 0 saturated heterocycles. The molecule has 0 spiro atoms. The summed E-state index contributed by atoms with van der Waals surface area (Å²) in [7, 11) is -3.37. The van der Waals surface area contributed by atoms with Gasteiger partial charge in [-0.15, -0.1) is 0 Å². The molecule has 0 unspecified atom stereocenters. The van der Waals surface area contributed by atoms with E-state index in [9.17, 15) is 8.42 Å². The number of hydrogen-bond donors (Lipinski definition) is 1. The molecular formula is C5H5Cl2N2O2S. The topological polar surface area (TPSA) is 58.5 Å². The minimum Gasteiger partial charge on any atom is -0.334 e. The third-order valence-corrected chi connectivity index (χ3v) is 2.75. The first kappa shape index (κ1) is 9.83. The van der Waals surface area contributed by atoms with Gasteiger partial charge < -0.3 is 5.32 Å². The molecule has 0 aromatic rings. The highest BCUT2D eigenvalue weighted by Crippen LogP contribution is 2.23. The standard InChI is InChI=1S/C5H5Cl2N2O2S/c1-12(10,11)4-3(6)2-8-5(7)9-4/h2H,1H3,(H,8,9). The average molecular weight is 228 g/mol. The Kier molecular flexibility index (Phi) is 2.65. The molecule has 1 aliphatic heterocycles. The number of aliphatic imine (C=N–C) groups is 1. The lowest BCUT2D eigenvalue weighted by Crippen LogP contribution is -2.32. The van der Waals surface area contributed by atoms with Crippen molar-refractivity contribution in [3.63, 3.8) is 0 Å². The Morgan fingerprint density at radius 1 is 1.50 bits per heavy atom. The number of rotatable bonds is 1. The van der Waals surface area contributed by atoms with Crippen LogP contribution in [0.25, 0.3) is 0 Å². The van der Waals surface area contributed by atoms with Crippen molar-refractivity contribution in [1.29, 1.82) is 0 Å². The van der Waals surface area contributed by atoms with Crippen LogP contribution in [0.3, 0.4) is 0 Å². The SMILES string of the molecule is CS(=O)(=O)[C]1NC(Cl)=NC=C1Cl. The van der Waals surface area contributed by atoms with Gasteiger partial charge in [-0.1, -0.05) is 11.6 Å². The number of sulfone groups is 1. The molecular weight excluding hydrogens is 223 g/mol. The van der Waals surface area contributed by atoms with Gasteiger partial charge in [0.15, 0.2) is 15.1 Å². The number of amidine groups is 1. The summed E-state index contributed by atoms with van der Waals surface area (Å²) in [5.74, 6) is 0. The number of nitrogens with zero attached hydrogens (tertiary/aromatic N) is 1. The summed E-state index contributed by atoms with van der Waals surface area (Å²) in [4.78, 5) is 3.57. The second kappa shape index (κ2) is 3.24. The Hall–Kier alpha value is -0.260. The number of nitrogens with one attached hydrogen (secondary N) is 1. The largest absolute Gasteiger partial charge is 0.334 e. The second-order valence-electron chi connectivity index (χ2n) is 2.12. The van der Waals surface area contributed by atoms with Gasteiger partial charge in [0, 0.05) is 12.5 Å². The van der Waals surface area contributed by atoms with Crippen LogP contribution in [0.4, 0.5) is 0 Å². The van der Waals surface area contributed by atoms with Crippen molar-refractivity contribution in [2.45, 2.75) is 0 Å². The van der Waals surface area contributed by atoms with E-state index in [1.165, 1.54) is 6.20 Å². The third-order valence-electron chi connectivity index (χ3n) is 1.10. The molecule has 0 aromatic carbocycles. The van der Waals surface area contributed by atoms with Gasteiger partial charge in [0.05, 0.1) is 5.03 Å². The van der Waals surface area contributed by atoms with Gasteiger partial charge in [0.1, 0.15) is 0 Å². The van der Waals surface area contributed by atoms with E-state index in [0.717, 1.165) is 6.26 Å². The van der Waals surface area contributed by atoms with Crippen molar-refractivity contribution in [2.24, 2.45) is 4.99 Å². The smallest absolute Gasteiger partial charge is 0.222 e. The van der Waals surface area contributed by atoms with Crippen LogP contribution in [0.15, 0.2) is 16.2 Å². The van der Waals surface area contributed by atoms with Crippen LogP contribution in [0.2, 0.25) is 0 Å². The van der Waals surface area contributed by atoms with Crippen molar-refractivity contribution in [3.8, 4) is 0 Å². The van der Waals surface area contributed by atoms with Crippen LogP contribution in [0.5, 0.6) is 0 Å². The molecule has 0 atom stereocenters. The highest BCUT2D eigenvalue weighted by molar-refractivity contribution is 7.93. The highest BCUT2D eigenvalue weighted by Gasteiger charge is 2.28. The number of hydrogen-bond acceptors (Lipinski definition) is 4. The Balaban J connectivity index is 3.00. The molecule has 0 saturated carbocycles. The molecule has 0 aliphatic carbocycles. The maximum atomic E-state index is 11.0. The fraction of sp³-hybridized carbons (Fsp3) is 0.200. The van der Waals surface area contributed by atoms with Crippen LogP contribution in [-0.2, 0) is 9.84 Å². The molecule has 0 bridgehead atoms. The van der Waals surface area contributed by atoms with E-state index in [0.29, 0.717) is 0 Å². The molecule has 67 valence electrons. The van der Waals surface area contributed by atoms with Crippen molar-refractivity contribution >= 4 is 38.3 Å². The molecule has 1 rings (SSSR count). The minimum absolute atomic E-state index is 0.0141. The maximum Gasteiger partial charge on any atom is 0.222 e. The molecule has 7 heteroatoms. The lowest BCUT2D eigenvalue weighted by Gasteiger charge is -2.16. The Labute approximate surface area is 80.2 Å². The first-order chi connectivity index (χ1) is 5.41. The molecule has 1 N–H and O–H groups in total. The minimum atomic E-state index is -3.37. The van der Waals surface area contributed by atoms with Gasteiger partial charge in [-0.25, -0.2) is 13.4 Å². The summed E-state index contributed by atoms with van der Waals surface area (Å²) in [6, 6.07) is 0. The molecule has 1 heterocycles.